The molecule has 2 heterocycles. The fourth-order valence-corrected chi connectivity index (χ4v) is 2.82. The van der Waals surface area contributed by atoms with Crippen molar-refractivity contribution in [2.45, 2.75) is 38.8 Å². The molecule has 3 atom stereocenters. The van der Waals surface area contributed by atoms with Gasteiger partial charge in [0.1, 0.15) is 5.41 Å². The molecule has 7 nitrogen and oxygen atoms in total. The zero-order valence-electron chi connectivity index (χ0n) is 12.6. The maximum atomic E-state index is 12.3. The molecule has 2 aliphatic heterocycles. The lowest BCUT2D eigenvalue weighted by molar-refractivity contribution is -0.148. The first-order valence-corrected chi connectivity index (χ1v) is 7.45. The van der Waals surface area contributed by atoms with Crippen LogP contribution >= 0.6 is 0 Å². The van der Waals surface area contributed by atoms with Crippen molar-refractivity contribution in [3.63, 3.8) is 0 Å². The smallest absolute Gasteiger partial charge is 0.317 e. The number of ether oxygens (including phenoxy) is 2. The van der Waals surface area contributed by atoms with E-state index in [4.69, 9.17) is 9.47 Å². The molecule has 0 aromatic rings. The van der Waals surface area contributed by atoms with Gasteiger partial charge in [0.05, 0.1) is 25.4 Å². The summed E-state index contributed by atoms with van der Waals surface area (Å²) >= 11 is 0. The molecule has 0 radical (unpaired) electrons. The monoisotopic (exact) mass is 300 g/mol. The fraction of sp³-hybridized carbons (Fsp3) is 0.857. The number of urea groups is 1. The minimum absolute atomic E-state index is 0.0696. The third-order valence-corrected chi connectivity index (χ3v) is 4.31. The SMILES string of the molecule is CCOC1CCCN(C(=O)NC2COCC2(C)C(=O)O)C1. The van der Waals surface area contributed by atoms with Crippen molar-refractivity contribution >= 4 is 12.0 Å². The van der Waals surface area contributed by atoms with Crippen LogP contribution in [0.1, 0.15) is 26.7 Å². The van der Waals surface area contributed by atoms with Gasteiger partial charge in [-0.1, -0.05) is 0 Å². The van der Waals surface area contributed by atoms with E-state index in [-0.39, 0.29) is 25.3 Å². The third kappa shape index (κ3) is 3.47. The van der Waals surface area contributed by atoms with Crippen molar-refractivity contribution < 1.29 is 24.2 Å². The van der Waals surface area contributed by atoms with Crippen LogP contribution in [0.2, 0.25) is 0 Å². The summed E-state index contributed by atoms with van der Waals surface area (Å²) in [5, 5.41) is 12.1. The Morgan fingerprint density at radius 3 is 2.95 bits per heavy atom. The number of nitrogens with one attached hydrogen (secondary N) is 1. The Morgan fingerprint density at radius 1 is 1.52 bits per heavy atom. The molecule has 0 spiro atoms. The predicted octanol–water partition coefficient (Wildman–Crippen LogP) is 0.687. The van der Waals surface area contributed by atoms with Crippen LogP contribution < -0.4 is 5.32 Å². The summed E-state index contributed by atoms with van der Waals surface area (Å²) in [5.41, 5.74) is -1.06. The van der Waals surface area contributed by atoms with E-state index in [0.29, 0.717) is 19.7 Å². The number of carboxylic acids is 1. The van der Waals surface area contributed by atoms with Gasteiger partial charge in [-0.05, 0) is 26.7 Å². The number of rotatable bonds is 4. The first-order valence-electron chi connectivity index (χ1n) is 7.45. The Bertz CT molecular complexity index is 401. The van der Waals surface area contributed by atoms with Crippen LogP contribution in [0, 0.1) is 5.41 Å². The second-order valence-corrected chi connectivity index (χ2v) is 5.91. The Balaban J connectivity index is 1.93. The average Bonchev–Trinajstić information content (AvgIpc) is 2.82. The number of likely N-dealkylation sites (tertiary alicyclic amines) is 1. The number of piperidine rings is 1. The molecule has 21 heavy (non-hydrogen) atoms. The molecule has 2 fully saturated rings. The lowest BCUT2D eigenvalue weighted by Gasteiger charge is -2.34. The highest BCUT2D eigenvalue weighted by Gasteiger charge is 2.47. The Labute approximate surface area is 124 Å². The van der Waals surface area contributed by atoms with Crippen LogP contribution in [0.4, 0.5) is 4.79 Å². The van der Waals surface area contributed by atoms with Crippen molar-refractivity contribution in [2.75, 3.05) is 32.9 Å². The minimum Gasteiger partial charge on any atom is -0.481 e. The zero-order chi connectivity index (χ0) is 15.5. The largest absolute Gasteiger partial charge is 0.481 e. The summed E-state index contributed by atoms with van der Waals surface area (Å²) in [6, 6.07) is -0.739. The maximum absolute atomic E-state index is 12.3. The Kier molecular flexibility index (Phi) is 5.05. The number of carbonyl (C=O) groups is 2. The van der Waals surface area contributed by atoms with Gasteiger partial charge in [-0.15, -0.1) is 0 Å². The van der Waals surface area contributed by atoms with E-state index in [2.05, 4.69) is 5.32 Å². The predicted molar refractivity (Wildman–Crippen MR) is 75.1 cm³/mol. The number of aliphatic carboxylic acids is 1. The highest BCUT2D eigenvalue weighted by Crippen LogP contribution is 2.29. The topological polar surface area (TPSA) is 88.1 Å². The summed E-state index contributed by atoms with van der Waals surface area (Å²) in [6.45, 7) is 5.75. The van der Waals surface area contributed by atoms with E-state index in [9.17, 15) is 14.7 Å². The first-order chi connectivity index (χ1) is 9.97. The Morgan fingerprint density at radius 2 is 2.29 bits per heavy atom. The molecular formula is C14H24N2O5. The number of hydrogen-bond donors (Lipinski definition) is 2. The molecule has 7 heteroatoms. The summed E-state index contributed by atoms with van der Waals surface area (Å²) < 4.78 is 10.8. The molecule has 2 rings (SSSR count). The minimum atomic E-state index is -1.06. The van der Waals surface area contributed by atoms with Gasteiger partial charge in [0.2, 0.25) is 0 Å². The molecule has 0 saturated carbocycles. The van der Waals surface area contributed by atoms with Crippen molar-refractivity contribution in [3.05, 3.63) is 0 Å². The summed E-state index contributed by atoms with van der Waals surface area (Å²) in [5.74, 6) is -0.948. The maximum Gasteiger partial charge on any atom is 0.317 e. The van der Waals surface area contributed by atoms with Gasteiger partial charge in [-0.3, -0.25) is 4.79 Å². The second-order valence-electron chi connectivity index (χ2n) is 5.91. The summed E-state index contributed by atoms with van der Waals surface area (Å²) in [7, 11) is 0. The first kappa shape index (κ1) is 16.0. The molecule has 3 unspecified atom stereocenters. The quantitative estimate of drug-likeness (QED) is 0.797. The van der Waals surface area contributed by atoms with Crippen molar-refractivity contribution in [1.29, 1.82) is 0 Å². The van der Waals surface area contributed by atoms with Gasteiger partial charge in [0.15, 0.2) is 0 Å². The van der Waals surface area contributed by atoms with Crippen molar-refractivity contribution in [1.82, 2.24) is 10.2 Å². The van der Waals surface area contributed by atoms with Crippen LogP contribution in [0.25, 0.3) is 0 Å². The highest BCUT2D eigenvalue weighted by molar-refractivity contribution is 5.79. The number of hydrogen-bond acceptors (Lipinski definition) is 4. The van der Waals surface area contributed by atoms with Gasteiger partial charge >= 0.3 is 12.0 Å². The molecule has 0 aromatic carbocycles. The van der Waals surface area contributed by atoms with Crippen molar-refractivity contribution in [3.8, 4) is 0 Å². The molecule has 0 aliphatic carbocycles. The number of amides is 2. The highest BCUT2D eigenvalue weighted by atomic mass is 16.5. The van der Waals surface area contributed by atoms with Gasteiger partial charge in [-0.2, -0.15) is 0 Å². The molecule has 120 valence electrons. The molecule has 0 aromatic heterocycles. The number of nitrogens with zero attached hydrogens (tertiary/aromatic N) is 1. The van der Waals surface area contributed by atoms with Crippen LogP contribution in [0.5, 0.6) is 0 Å². The number of carboxylic acid groups (broad SMARTS) is 1. The van der Waals surface area contributed by atoms with E-state index >= 15 is 0 Å². The molecule has 2 N–H and O–H groups in total. The van der Waals surface area contributed by atoms with E-state index in [1.165, 1.54) is 0 Å². The Hall–Kier alpha value is -1.34. The van der Waals surface area contributed by atoms with Crippen LogP contribution in [0.15, 0.2) is 0 Å². The van der Waals surface area contributed by atoms with E-state index in [1.54, 1.807) is 11.8 Å². The molecular weight excluding hydrogens is 276 g/mol. The van der Waals surface area contributed by atoms with Crippen LogP contribution in [0.3, 0.4) is 0 Å². The van der Waals surface area contributed by atoms with E-state index < -0.39 is 17.4 Å². The number of carbonyl (C=O) groups excluding carboxylic acids is 1. The summed E-state index contributed by atoms with van der Waals surface area (Å²) in [6.07, 6.45) is 1.92. The molecule has 2 aliphatic rings. The summed E-state index contributed by atoms with van der Waals surface area (Å²) in [4.78, 5) is 25.4. The van der Waals surface area contributed by atoms with Crippen LogP contribution in [-0.2, 0) is 14.3 Å². The standard InChI is InChI=1S/C14H24N2O5/c1-3-21-10-5-4-6-16(7-10)13(19)15-11-8-20-9-14(11,2)12(17)18/h10-11H,3-9H2,1-2H3,(H,15,19)(H,17,18). The van der Waals surface area contributed by atoms with Gasteiger partial charge in [0, 0.05) is 19.7 Å². The van der Waals surface area contributed by atoms with Gasteiger partial charge in [-0.25, -0.2) is 4.79 Å². The molecule has 2 amide bonds. The van der Waals surface area contributed by atoms with E-state index in [1.807, 2.05) is 6.92 Å². The normalized spacial score (nSPS) is 33.0. The van der Waals surface area contributed by atoms with Crippen molar-refractivity contribution in [2.24, 2.45) is 5.41 Å². The lowest BCUT2D eigenvalue weighted by Crippen LogP contribution is -2.55. The average molecular weight is 300 g/mol. The van der Waals surface area contributed by atoms with Gasteiger partial charge < -0.3 is 24.8 Å². The molecule has 2 saturated heterocycles. The lowest BCUT2D eigenvalue weighted by atomic mass is 9.85. The second kappa shape index (κ2) is 6.62. The molecule has 0 bridgehead atoms. The fourth-order valence-electron chi connectivity index (χ4n) is 2.82. The zero-order valence-corrected chi connectivity index (χ0v) is 12.6. The van der Waals surface area contributed by atoms with Gasteiger partial charge in [0.25, 0.3) is 0 Å². The van der Waals surface area contributed by atoms with Crippen LogP contribution in [-0.4, -0.2) is 67.1 Å². The third-order valence-electron chi connectivity index (χ3n) is 4.31. The van der Waals surface area contributed by atoms with E-state index in [0.717, 1.165) is 12.8 Å².